The van der Waals surface area contributed by atoms with Crippen LogP contribution in [0.3, 0.4) is 0 Å². The van der Waals surface area contributed by atoms with Crippen LogP contribution in [-0.4, -0.2) is 49.7 Å². The highest BCUT2D eigenvalue weighted by molar-refractivity contribution is 7.91. The maximum Gasteiger partial charge on any atom is 0.252 e. The molecule has 0 unspecified atom stereocenters. The van der Waals surface area contributed by atoms with E-state index in [-0.39, 0.29) is 29.1 Å². The van der Waals surface area contributed by atoms with Crippen LogP contribution >= 0.6 is 22.9 Å². The molecule has 1 aliphatic heterocycles. The number of hydrogen-bond donors (Lipinski definition) is 0. The number of sulfonamides is 1. The highest BCUT2D eigenvalue weighted by atomic mass is 35.5. The van der Waals surface area contributed by atoms with Crippen molar-refractivity contribution in [2.24, 2.45) is 0 Å². The molecule has 1 amide bonds. The largest absolute Gasteiger partial charge is 0.340 e. The number of halogens is 1. The number of hydrogen-bond acceptors (Lipinski definition) is 4. The molecule has 4 rings (SSSR count). The molecule has 0 radical (unpaired) electrons. The lowest BCUT2D eigenvalue weighted by atomic mass is 9.88. The molecule has 0 saturated carbocycles. The Kier molecular flexibility index (Phi) is 6.77. The Bertz CT molecular complexity index is 1090. The third-order valence-corrected chi connectivity index (χ3v) is 9.11. The van der Waals surface area contributed by atoms with Crippen LogP contribution in [0.4, 0.5) is 0 Å². The van der Waals surface area contributed by atoms with E-state index in [1.807, 2.05) is 60.7 Å². The van der Waals surface area contributed by atoms with Gasteiger partial charge in [0.15, 0.2) is 0 Å². The molecular formula is C23H23ClN2O3S2. The van der Waals surface area contributed by atoms with Gasteiger partial charge in [0.2, 0.25) is 5.91 Å². The minimum atomic E-state index is -3.57. The standard InChI is InChI=1S/C23H23ClN2O3S2/c24-21-11-12-23(30-21)31(28,29)26-15-13-25(14-16-26)22(27)17-20(18-7-3-1-4-8-18)19-9-5-2-6-10-19/h1-12,20H,13-17H2. The number of carbonyl (C=O) groups is 1. The maximum absolute atomic E-state index is 13.1. The third-order valence-electron chi connectivity index (χ3n) is 5.52. The molecule has 1 aliphatic rings. The highest BCUT2D eigenvalue weighted by Gasteiger charge is 2.32. The van der Waals surface area contributed by atoms with E-state index < -0.39 is 10.0 Å². The van der Waals surface area contributed by atoms with Gasteiger partial charge in [0, 0.05) is 38.5 Å². The number of thiophene rings is 1. The highest BCUT2D eigenvalue weighted by Crippen LogP contribution is 2.30. The molecule has 8 heteroatoms. The van der Waals surface area contributed by atoms with Crippen LogP contribution in [0.5, 0.6) is 0 Å². The van der Waals surface area contributed by atoms with Crippen LogP contribution in [0.15, 0.2) is 77.0 Å². The summed E-state index contributed by atoms with van der Waals surface area (Å²) in [5.74, 6) is -0.00107. The summed E-state index contributed by atoms with van der Waals surface area (Å²) in [6.45, 7) is 1.33. The molecule has 0 aliphatic carbocycles. The lowest BCUT2D eigenvalue weighted by Gasteiger charge is -2.34. The zero-order chi connectivity index (χ0) is 21.8. The summed E-state index contributed by atoms with van der Waals surface area (Å²) in [6, 6.07) is 23.2. The second kappa shape index (κ2) is 9.53. The minimum Gasteiger partial charge on any atom is -0.340 e. The lowest BCUT2D eigenvalue weighted by Crippen LogP contribution is -2.50. The fraction of sp³-hybridized carbons (Fsp3) is 0.261. The average Bonchev–Trinajstić information content (AvgIpc) is 3.26. The van der Waals surface area contributed by atoms with Crippen molar-refractivity contribution in [3.63, 3.8) is 0 Å². The lowest BCUT2D eigenvalue weighted by molar-refractivity contribution is -0.132. The number of nitrogens with zero attached hydrogens (tertiary/aromatic N) is 2. The van der Waals surface area contributed by atoms with Crippen LogP contribution in [0, 0.1) is 0 Å². The summed E-state index contributed by atoms with van der Waals surface area (Å²) in [5.41, 5.74) is 2.19. The summed E-state index contributed by atoms with van der Waals surface area (Å²) >= 11 is 6.96. The van der Waals surface area contributed by atoms with Gasteiger partial charge in [0.05, 0.1) is 4.34 Å². The van der Waals surface area contributed by atoms with E-state index in [4.69, 9.17) is 11.6 Å². The molecule has 2 aromatic carbocycles. The Labute approximate surface area is 191 Å². The van der Waals surface area contributed by atoms with Gasteiger partial charge in [0.1, 0.15) is 4.21 Å². The van der Waals surface area contributed by atoms with Gasteiger partial charge in [-0.1, -0.05) is 72.3 Å². The van der Waals surface area contributed by atoms with Crippen molar-refractivity contribution in [1.82, 2.24) is 9.21 Å². The molecule has 0 spiro atoms. The van der Waals surface area contributed by atoms with Crippen molar-refractivity contribution < 1.29 is 13.2 Å². The van der Waals surface area contributed by atoms with Crippen molar-refractivity contribution in [2.75, 3.05) is 26.2 Å². The number of piperazine rings is 1. The first-order chi connectivity index (χ1) is 14.9. The Morgan fingerprint density at radius 2 is 1.42 bits per heavy atom. The van der Waals surface area contributed by atoms with Crippen molar-refractivity contribution >= 4 is 38.9 Å². The van der Waals surface area contributed by atoms with Crippen molar-refractivity contribution in [3.05, 3.63) is 88.3 Å². The summed E-state index contributed by atoms with van der Waals surface area (Å²) < 4.78 is 27.7. The fourth-order valence-electron chi connectivity index (χ4n) is 3.84. The topological polar surface area (TPSA) is 57.7 Å². The molecule has 0 bridgehead atoms. The molecule has 1 saturated heterocycles. The summed E-state index contributed by atoms with van der Waals surface area (Å²) in [6.07, 6.45) is 0.349. The third kappa shape index (κ3) is 5.01. The normalized spacial score (nSPS) is 15.4. The number of rotatable bonds is 6. The van der Waals surface area contributed by atoms with Gasteiger partial charge < -0.3 is 4.90 Å². The van der Waals surface area contributed by atoms with Crippen LogP contribution in [0.2, 0.25) is 4.34 Å². The molecule has 1 fully saturated rings. The van der Waals surface area contributed by atoms with Gasteiger partial charge in [-0.15, -0.1) is 11.3 Å². The number of amides is 1. The van der Waals surface area contributed by atoms with E-state index in [2.05, 4.69) is 0 Å². The van der Waals surface area contributed by atoms with Gasteiger partial charge >= 0.3 is 0 Å². The number of benzene rings is 2. The SMILES string of the molecule is O=C(CC(c1ccccc1)c1ccccc1)N1CCN(S(=O)(=O)c2ccc(Cl)s2)CC1. The van der Waals surface area contributed by atoms with Gasteiger partial charge in [0.25, 0.3) is 10.0 Å². The Morgan fingerprint density at radius 3 is 1.90 bits per heavy atom. The quantitative estimate of drug-likeness (QED) is 0.530. The summed E-state index contributed by atoms with van der Waals surface area (Å²) in [7, 11) is -3.57. The van der Waals surface area contributed by atoms with Gasteiger partial charge in [-0.2, -0.15) is 4.31 Å². The molecule has 0 N–H and O–H groups in total. The fourth-order valence-corrected chi connectivity index (χ4v) is 6.90. The molecule has 3 aromatic rings. The van der Waals surface area contributed by atoms with E-state index in [1.54, 1.807) is 11.0 Å². The van der Waals surface area contributed by atoms with Gasteiger partial charge in [-0.05, 0) is 23.3 Å². The zero-order valence-electron chi connectivity index (χ0n) is 16.9. The van der Waals surface area contributed by atoms with Crippen LogP contribution < -0.4 is 0 Å². The Hall–Kier alpha value is -2.19. The van der Waals surface area contributed by atoms with Crippen molar-refractivity contribution in [1.29, 1.82) is 0 Å². The van der Waals surface area contributed by atoms with Crippen LogP contribution in [0.25, 0.3) is 0 Å². The molecule has 1 aromatic heterocycles. The van der Waals surface area contributed by atoms with Crippen molar-refractivity contribution in [2.45, 2.75) is 16.5 Å². The van der Waals surface area contributed by atoms with E-state index in [0.29, 0.717) is 23.8 Å². The maximum atomic E-state index is 13.1. The summed E-state index contributed by atoms with van der Waals surface area (Å²) in [4.78, 5) is 14.9. The first-order valence-corrected chi connectivity index (χ1v) is 12.7. The molecule has 2 heterocycles. The van der Waals surface area contributed by atoms with E-state index in [1.165, 1.54) is 10.4 Å². The molecule has 5 nitrogen and oxygen atoms in total. The predicted octanol–water partition coefficient (Wildman–Crippen LogP) is 4.46. The van der Waals surface area contributed by atoms with E-state index >= 15 is 0 Å². The molecule has 0 atom stereocenters. The van der Waals surface area contributed by atoms with E-state index in [9.17, 15) is 13.2 Å². The van der Waals surface area contributed by atoms with E-state index in [0.717, 1.165) is 22.5 Å². The van der Waals surface area contributed by atoms with Crippen LogP contribution in [-0.2, 0) is 14.8 Å². The van der Waals surface area contributed by atoms with Gasteiger partial charge in [-0.3, -0.25) is 4.79 Å². The second-order valence-electron chi connectivity index (χ2n) is 7.42. The first kappa shape index (κ1) is 22.0. The monoisotopic (exact) mass is 474 g/mol. The molecule has 31 heavy (non-hydrogen) atoms. The minimum absolute atomic E-state index is 0.0360. The Balaban J connectivity index is 1.44. The van der Waals surface area contributed by atoms with Crippen LogP contribution in [0.1, 0.15) is 23.5 Å². The summed E-state index contributed by atoms with van der Waals surface area (Å²) in [5, 5.41) is 0. The first-order valence-electron chi connectivity index (χ1n) is 10.1. The number of carbonyl (C=O) groups excluding carboxylic acids is 1. The second-order valence-corrected chi connectivity index (χ2v) is 11.3. The Morgan fingerprint density at radius 1 is 0.871 bits per heavy atom. The molecular weight excluding hydrogens is 452 g/mol. The molecule has 162 valence electrons. The van der Waals surface area contributed by atoms with Gasteiger partial charge in [-0.25, -0.2) is 8.42 Å². The smallest absolute Gasteiger partial charge is 0.252 e. The average molecular weight is 475 g/mol. The predicted molar refractivity (Wildman–Crippen MR) is 124 cm³/mol. The van der Waals surface area contributed by atoms with Crippen molar-refractivity contribution in [3.8, 4) is 0 Å². The zero-order valence-corrected chi connectivity index (χ0v) is 19.2.